The van der Waals surface area contributed by atoms with E-state index in [0.717, 1.165) is 29.4 Å². The molecular formula is C20H28N8. The second-order valence-electron chi connectivity index (χ2n) is 6.85. The lowest BCUT2D eigenvalue weighted by atomic mass is 9.99. The first kappa shape index (κ1) is 19.6. The maximum Gasteiger partial charge on any atom is 0.191 e. The van der Waals surface area contributed by atoms with Crippen LogP contribution in [-0.4, -0.2) is 52.4 Å². The number of aliphatic imine (C=N–C) groups is 1. The number of aromatic nitrogens is 4. The lowest BCUT2D eigenvalue weighted by molar-refractivity contribution is 0.700. The van der Waals surface area contributed by atoms with Crippen LogP contribution >= 0.6 is 0 Å². The molecule has 1 atom stereocenters. The third kappa shape index (κ3) is 4.76. The van der Waals surface area contributed by atoms with Crippen LogP contribution in [-0.2, 0) is 7.05 Å². The third-order valence-corrected chi connectivity index (χ3v) is 4.65. The molecule has 0 aliphatic rings. The van der Waals surface area contributed by atoms with Gasteiger partial charge in [-0.2, -0.15) is 5.10 Å². The van der Waals surface area contributed by atoms with E-state index >= 15 is 0 Å². The van der Waals surface area contributed by atoms with Crippen molar-refractivity contribution in [3.8, 4) is 0 Å². The number of hydrogen-bond donors (Lipinski definition) is 3. The van der Waals surface area contributed by atoms with Gasteiger partial charge in [-0.25, -0.2) is 9.97 Å². The molecule has 0 radical (unpaired) electrons. The highest BCUT2D eigenvalue weighted by atomic mass is 15.3. The molecule has 3 rings (SSSR count). The summed E-state index contributed by atoms with van der Waals surface area (Å²) in [6, 6.07) is 8.62. The van der Waals surface area contributed by atoms with Gasteiger partial charge in [0.05, 0.1) is 11.6 Å². The van der Waals surface area contributed by atoms with E-state index < -0.39 is 0 Å². The number of nitrogens with one attached hydrogen (secondary N) is 3. The maximum absolute atomic E-state index is 4.31. The molecule has 0 aliphatic carbocycles. The summed E-state index contributed by atoms with van der Waals surface area (Å²) in [5.74, 6) is 1.97. The fraction of sp³-hybridized carbons (Fsp3) is 0.400. The van der Waals surface area contributed by atoms with Crippen LogP contribution in [0.15, 0.2) is 41.8 Å². The van der Waals surface area contributed by atoms with E-state index in [1.807, 2.05) is 7.05 Å². The van der Waals surface area contributed by atoms with Crippen LogP contribution in [0.5, 0.6) is 0 Å². The minimum Gasteiger partial charge on any atom is -0.368 e. The molecule has 0 bridgehead atoms. The molecule has 8 heteroatoms. The first-order chi connectivity index (χ1) is 13.6. The van der Waals surface area contributed by atoms with E-state index in [9.17, 15) is 0 Å². The van der Waals surface area contributed by atoms with Gasteiger partial charge in [0.1, 0.15) is 12.1 Å². The quantitative estimate of drug-likeness (QED) is 0.330. The van der Waals surface area contributed by atoms with Gasteiger partial charge in [0.2, 0.25) is 0 Å². The van der Waals surface area contributed by atoms with Crippen molar-refractivity contribution in [1.29, 1.82) is 0 Å². The second-order valence-corrected chi connectivity index (χ2v) is 6.85. The van der Waals surface area contributed by atoms with Crippen molar-refractivity contribution >= 4 is 22.8 Å². The summed E-state index contributed by atoms with van der Waals surface area (Å²) in [5.41, 5.74) is 3.42. The summed E-state index contributed by atoms with van der Waals surface area (Å²) in [6.45, 7) is 6.57. The number of rotatable bonds is 7. The van der Waals surface area contributed by atoms with Crippen molar-refractivity contribution in [2.24, 2.45) is 12.0 Å². The summed E-state index contributed by atoms with van der Waals surface area (Å²) in [5, 5.41) is 15.2. The first-order valence-electron chi connectivity index (χ1n) is 9.46. The molecule has 3 aromatic rings. The van der Waals surface area contributed by atoms with E-state index in [1.165, 1.54) is 11.1 Å². The molecule has 1 unspecified atom stereocenters. The van der Waals surface area contributed by atoms with Crippen molar-refractivity contribution in [2.45, 2.75) is 19.8 Å². The summed E-state index contributed by atoms with van der Waals surface area (Å²) >= 11 is 0. The minimum atomic E-state index is 0.399. The lowest BCUT2D eigenvalue weighted by Crippen LogP contribution is -2.41. The zero-order chi connectivity index (χ0) is 19.9. The standard InChI is InChI=1S/C20H28N8/c1-14-6-5-7-16(10-14)15(2)11-24-20(21-3)23-9-8-22-18-17-12-27-28(4)19(17)26-13-25-18/h5-7,10,12-13,15H,8-9,11H2,1-4H3,(H2,21,23,24)(H,22,25,26). The van der Waals surface area contributed by atoms with Crippen LogP contribution in [0.3, 0.4) is 0 Å². The average Bonchev–Trinajstić information content (AvgIpc) is 3.09. The number of nitrogens with zero attached hydrogens (tertiary/aromatic N) is 5. The third-order valence-electron chi connectivity index (χ3n) is 4.65. The number of aryl methyl sites for hydroxylation is 2. The Bertz CT molecular complexity index is 946. The van der Waals surface area contributed by atoms with Gasteiger partial charge in [0, 0.05) is 33.7 Å². The largest absolute Gasteiger partial charge is 0.368 e. The van der Waals surface area contributed by atoms with E-state index in [0.29, 0.717) is 19.0 Å². The van der Waals surface area contributed by atoms with Crippen LogP contribution < -0.4 is 16.0 Å². The number of benzene rings is 1. The first-order valence-corrected chi connectivity index (χ1v) is 9.46. The number of guanidine groups is 1. The topological polar surface area (TPSA) is 92.1 Å². The Hall–Kier alpha value is -3.16. The van der Waals surface area contributed by atoms with Gasteiger partial charge in [-0.15, -0.1) is 0 Å². The summed E-state index contributed by atoms with van der Waals surface area (Å²) in [7, 11) is 3.65. The highest BCUT2D eigenvalue weighted by molar-refractivity contribution is 5.86. The van der Waals surface area contributed by atoms with E-state index in [2.05, 4.69) is 74.1 Å². The van der Waals surface area contributed by atoms with Crippen molar-refractivity contribution in [1.82, 2.24) is 30.4 Å². The summed E-state index contributed by atoms with van der Waals surface area (Å²) < 4.78 is 1.74. The molecule has 2 heterocycles. The minimum absolute atomic E-state index is 0.399. The Morgan fingerprint density at radius 2 is 2.07 bits per heavy atom. The predicted molar refractivity (Wildman–Crippen MR) is 114 cm³/mol. The van der Waals surface area contributed by atoms with Crippen LogP contribution in [0, 0.1) is 6.92 Å². The average molecular weight is 381 g/mol. The Kier molecular flexibility index (Phi) is 6.41. The maximum atomic E-state index is 4.31. The van der Waals surface area contributed by atoms with Crippen LogP contribution in [0.1, 0.15) is 24.0 Å². The van der Waals surface area contributed by atoms with Gasteiger partial charge in [0.15, 0.2) is 11.6 Å². The van der Waals surface area contributed by atoms with Crippen molar-refractivity contribution < 1.29 is 0 Å². The van der Waals surface area contributed by atoms with Gasteiger partial charge >= 0.3 is 0 Å². The number of hydrogen-bond acceptors (Lipinski definition) is 5. The molecule has 0 saturated carbocycles. The van der Waals surface area contributed by atoms with Crippen LogP contribution in [0.25, 0.3) is 11.0 Å². The number of anilines is 1. The van der Waals surface area contributed by atoms with Crippen LogP contribution in [0.2, 0.25) is 0 Å². The molecule has 0 fully saturated rings. The molecule has 0 spiro atoms. The Balaban J connectivity index is 1.45. The molecule has 0 amide bonds. The van der Waals surface area contributed by atoms with Gasteiger partial charge < -0.3 is 16.0 Å². The molecule has 0 aliphatic heterocycles. The smallest absolute Gasteiger partial charge is 0.191 e. The Morgan fingerprint density at radius 3 is 2.86 bits per heavy atom. The SMILES string of the molecule is CN=C(NCCNc1ncnc2c1cnn2C)NCC(C)c1cccc(C)c1. The fourth-order valence-electron chi connectivity index (χ4n) is 3.03. The molecule has 0 saturated heterocycles. The van der Waals surface area contributed by atoms with Gasteiger partial charge in [0.25, 0.3) is 0 Å². The molecule has 3 N–H and O–H groups in total. The van der Waals surface area contributed by atoms with Crippen molar-refractivity contribution in [2.75, 3.05) is 32.0 Å². The van der Waals surface area contributed by atoms with Crippen molar-refractivity contribution in [3.63, 3.8) is 0 Å². The van der Waals surface area contributed by atoms with Gasteiger partial charge in [-0.3, -0.25) is 9.67 Å². The highest BCUT2D eigenvalue weighted by Gasteiger charge is 2.08. The predicted octanol–water partition coefficient (Wildman–Crippen LogP) is 2.05. The highest BCUT2D eigenvalue weighted by Crippen LogP contribution is 2.17. The molecule has 148 valence electrons. The van der Waals surface area contributed by atoms with Crippen molar-refractivity contribution in [3.05, 3.63) is 47.9 Å². The van der Waals surface area contributed by atoms with E-state index in [4.69, 9.17) is 0 Å². The summed E-state index contributed by atoms with van der Waals surface area (Å²) in [4.78, 5) is 12.9. The zero-order valence-electron chi connectivity index (χ0n) is 16.9. The molecule has 8 nitrogen and oxygen atoms in total. The molecule has 2 aromatic heterocycles. The van der Waals surface area contributed by atoms with Gasteiger partial charge in [-0.05, 0) is 18.4 Å². The Labute approximate surface area is 165 Å². The van der Waals surface area contributed by atoms with E-state index in [-0.39, 0.29) is 0 Å². The summed E-state index contributed by atoms with van der Waals surface area (Å²) in [6.07, 6.45) is 3.32. The monoisotopic (exact) mass is 380 g/mol. The fourth-order valence-corrected chi connectivity index (χ4v) is 3.03. The molecular weight excluding hydrogens is 352 g/mol. The van der Waals surface area contributed by atoms with E-state index in [1.54, 1.807) is 24.3 Å². The Morgan fingerprint density at radius 1 is 1.21 bits per heavy atom. The molecule has 1 aromatic carbocycles. The second kappa shape index (κ2) is 9.16. The lowest BCUT2D eigenvalue weighted by Gasteiger charge is -2.17. The van der Waals surface area contributed by atoms with Crippen LogP contribution in [0.4, 0.5) is 5.82 Å². The van der Waals surface area contributed by atoms with Gasteiger partial charge in [-0.1, -0.05) is 36.8 Å². The number of fused-ring (bicyclic) bond motifs is 1. The normalized spacial score (nSPS) is 12.8. The molecule has 28 heavy (non-hydrogen) atoms. The zero-order valence-corrected chi connectivity index (χ0v) is 16.9.